The fourth-order valence-electron chi connectivity index (χ4n) is 1.93. The molecule has 3 N–H and O–H groups in total. The Morgan fingerprint density at radius 1 is 1.36 bits per heavy atom. The summed E-state index contributed by atoms with van der Waals surface area (Å²) in [6, 6.07) is 7.22. The van der Waals surface area contributed by atoms with Gasteiger partial charge in [0.25, 0.3) is 0 Å². The van der Waals surface area contributed by atoms with Crippen LogP contribution in [0.4, 0.5) is 0 Å². The quantitative estimate of drug-likeness (QED) is 0.770. The minimum Gasteiger partial charge on any atom is -0.346 e. The number of hydrogen-bond donors (Lipinski definition) is 2. The molecule has 0 aliphatic rings. The van der Waals surface area contributed by atoms with Gasteiger partial charge in [-0.15, -0.1) is 0 Å². The van der Waals surface area contributed by atoms with Gasteiger partial charge in [0, 0.05) is 17.6 Å². The lowest BCUT2D eigenvalue weighted by Crippen LogP contribution is -2.47. The van der Waals surface area contributed by atoms with Crippen LogP contribution in [0.2, 0.25) is 0 Å². The van der Waals surface area contributed by atoms with Gasteiger partial charge in [-0.3, -0.25) is 9.59 Å². The van der Waals surface area contributed by atoms with Crippen molar-refractivity contribution in [1.29, 1.82) is 0 Å². The lowest BCUT2D eigenvalue weighted by molar-refractivity contribution is -0.133. The van der Waals surface area contributed by atoms with Gasteiger partial charge in [-0.05, 0) is 30.5 Å². The number of hydrogen-bond acceptors (Lipinski definition) is 3. The minimum atomic E-state index is -0.590. The maximum atomic E-state index is 12.2. The number of rotatable bonds is 7. The second-order valence-electron chi connectivity index (χ2n) is 5.53. The van der Waals surface area contributed by atoms with E-state index < -0.39 is 6.04 Å². The molecule has 0 aliphatic carbocycles. The Kier molecular flexibility index (Phi) is 7.55. The van der Waals surface area contributed by atoms with Crippen molar-refractivity contribution in [3.05, 3.63) is 34.3 Å². The lowest BCUT2D eigenvalue weighted by atomic mass is 10.1. The molecular weight excluding hydrogens is 346 g/mol. The van der Waals surface area contributed by atoms with E-state index in [1.807, 2.05) is 45.0 Å². The Hall–Kier alpha value is -1.40. The molecule has 6 heteroatoms. The van der Waals surface area contributed by atoms with Crippen LogP contribution in [0, 0.1) is 5.92 Å². The van der Waals surface area contributed by atoms with E-state index in [-0.39, 0.29) is 24.3 Å². The second kappa shape index (κ2) is 8.90. The topological polar surface area (TPSA) is 75.4 Å². The predicted octanol–water partition coefficient (Wildman–Crippen LogP) is 1.90. The molecule has 22 heavy (non-hydrogen) atoms. The molecule has 0 aromatic heterocycles. The summed E-state index contributed by atoms with van der Waals surface area (Å²) >= 11 is 3.42. The van der Waals surface area contributed by atoms with Crippen molar-refractivity contribution in [1.82, 2.24) is 10.2 Å². The Morgan fingerprint density at radius 2 is 2.05 bits per heavy atom. The van der Waals surface area contributed by atoms with E-state index >= 15 is 0 Å². The van der Waals surface area contributed by atoms with Gasteiger partial charge in [0.1, 0.15) is 0 Å². The Morgan fingerprint density at radius 3 is 2.59 bits per heavy atom. The van der Waals surface area contributed by atoms with Crippen LogP contribution < -0.4 is 11.1 Å². The van der Waals surface area contributed by atoms with E-state index in [0.717, 1.165) is 10.0 Å². The molecule has 1 aromatic carbocycles. The highest BCUT2D eigenvalue weighted by molar-refractivity contribution is 9.10. The van der Waals surface area contributed by atoms with Gasteiger partial charge < -0.3 is 16.0 Å². The average Bonchev–Trinajstić information content (AvgIpc) is 2.49. The van der Waals surface area contributed by atoms with Crippen molar-refractivity contribution in [2.75, 3.05) is 13.1 Å². The molecule has 1 aromatic rings. The van der Waals surface area contributed by atoms with Crippen molar-refractivity contribution in [2.45, 2.75) is 33.4 Å². The summed E-state index contributed by atoms with van der Waals surface area (Å²) in [5.74, 6) is -0.368. The molecule has 0 saturated carbocycles. The zero-order valence-corrected chi connectivity index (χ0v) is 14.9. The molecule has 0 fully saturated rings. The van der Waals surface area contributed by atoms with Crippen LogP contribution in [0.5, 0.6) is 0 Å². The third-order valence-corrected chi connectivity index (χ3v) is 3.92. The SMILES string of the molecule is CCN(Cc1cccc(Br)c1)C(=O)CNC(=O)[C@@H](N)C(C)C. The molecule has 0 bridgehead atoms. The Bertz CT molecular complexity index is 520. The minimum absolute atomic E-state index is 0.0267. The molecule has 0 spiro atoms. The van der Waals surface area contributed by atoms with Gasteiger partial charge in [0.2, 0.25) is 11.8 Å². The highest BCUT2D eigenvalue weighted by atomic mass is 79.9. The molecule has 5 nitrogen and oxygen atoms in total. The van der Waals surface area contributed by atoms with Crippen LogP contribution in [-0.4, -0.2) is 35.8 Å². The number of benzene rings is 1. The number of amides is 2. The summed E-state index contributed by atoms with van der Waals surface area (Å²) in [5, 5.41) is 2.61. The van der Waals surface area contributed by atoms with E-state index in [9.17, 15) is 9.59 Å². The summed E-state index contributed by atoms with van der Waals surface area (Å²) in [5.41, 5.74) is 6.79. The average molecular weight is 370 g/mol. The van der Waals surface area contributed by atoms with E-state index in [1.54, 1.807) is 4.90 Å². The maximum absolute atomic E-state index is 12.2. The molecular formula is C16H24BrN3O2. The second-order valence-corrected chi connectivity index (χ2v) is 6.44. The van der Waals surface area contributed by atoms with Gasteiger partial charge >= 0.3 is 0 Å². The van der Waals surface area contributed by atoms with Gasteiger partial charge in [0.05, 0.1) is 12.6 Å². The normalized spacial score (nSPS) is 12.1. The number of carbonyl (C=O) groups excluding carboxylic acids is 2. The Labute approximate surface area is 140 Å². The summed E-state index contributed by atoms with van der Waals surface area (Å²) in [4.78, 5) is 25.7. The predicted molar refractivity (Wildman–Crippen MR) is 91.1 cm³/mol. The van der Waals surface area contributed by atoms with Crippen LogP contribution in [0.3, 0.4) is 0 Å². The smallest absolute Gasteiger partial charge is 0.242 e. The molecule has 2 amide bonds. The Balaban J connectivity index is 2.56. The van der Waals surface area contributed by atoms with Gasteiger partial charge in [0.15, 0.2) is 0 Å². The fourth-order valence-corrected chi connectivity index (χ4v) is 2.37. The van der Waals surface area contributed by atoms with Crippen LogP contribution in [0.15, 0.2) is 28.7 Å². The van der Waals surface area contributed by atoms with Crippen LogP contribution >= 0.6 is 15.9 Å². The van der Waals surface area contributed by atoms with E-state index in [0.29, 0.717) is 13.1 Å². The summed E-state index contributed by atoms with van der Waals surface area (Å²) in [6.07, 6.45) is 0. The standard InChI is InChI=1S/C16H24BrN3O2/c1-4-20(10-12-6-5-7-13(17)8-12)14(21)9-19-16(22)15(18)11(2)3/h5-8,11,15H,4,9-10,18H2,1-3H3,(H,19,22)/t15-/m0/s1. The third-order valence-electron chi connectivity index (χ3n) is 3.43. The number of carbonyl (C=O) groups is 2. The van der Waals surface area contributed by atoms with Crippen molar-refractivity contribution in [3.63, 3.8) is 0 Å². The lowest BCUT2D eigenvalue weighted by Gasteiger charge is -2.22. The maximum Gasteiger partial charge on any atom is 0.242 e. The van der Waals surface area contributed by atoms with Gasteiger partial charge in [-0.2, -0.15) is 0 Å². The first-order valence-electron chi connectivity index (χ1n) is 7.40. The molecule has 122 valence electrons. The molecule has 1 rings (SSSR count). The molecule has 0 radical (unpaired) electrons. The highest BCUT2D eigenvalue weighted by Gasteiger charge is 2.19. The highest BCUT2D eigenvalue weighted by Crippen LogP contribution is 2.13. The summed E-state index contributed by atoms with van der Waals surface area (Å²) in [7, 11) is 0. The monoisotopic (exact) mass is 369 g/mol. The number of nitrogens with one attached hydrogen (secondary N) is 1. The number of nitrogens with two attached hydrogens (primary N) is 1. The van der Waals surface area contributed by atoms with Gasteiger partial charge in [-0.25, -0.2) is 0 Å². The molecule has 0 aliphatic heterocycles. The summed E-state index contributed by atoms with van der Waals surface area (Å²) < 4.78 is 0.977. The molecule has 1 atom stereocenters. The number of likely N-dealkylation sites (N-methyl/N-ethyl adjacent to an activating group) is 1. The van der Waals surface area contributed by atoms with Gasteiger partial charge in [-0.1, -0.05) is 41.9 Å². The zero-order chi connectivity index (χ0) is 16.7. The summed E-state index contributed by atoms with van der Waals surface area (Å²) in [6.45, 7) is 6.73. The first-order valence-corrected chi connectivity index (χ1v) is 8.20. The van der Waals surface area contributed by atoms with Crippen LogP contribution in [0.25, 0.3) is 0 Å². The third kappa shape index (κ3) is 5.77. The van der Waals surface area contributed by atoms with E-state index in [2.05, 4.69) is 21.2 Å². The van der Waals surface area contributed by atoms with E-state index in [1.165, 1.54) is 0 Å². The number of nitrogens with zero attached hydrogens (tertiary/aromatic N) is 1. The van der Waals surface area contributed by atoms with Crippen molar-refractivity contribution in [3.8, 4) is 0 Å². The first-order chi connectivity index (χ1) is 10.3. The van der Waals surface area contributed by atoms with Crippen molar-refractivity contribution < 1.29 is 9.59 Å². The fraction of sp³-hybridized carbons (Fsp3) is 0.500. The van der Waals surface area contributed by atoms with Crippen molar-refractivity contribution >= 4 is 27.7 Å². The molecule has 0 heterocycles. The number of halogens is 1. The van der Waals surface area contributed by atoms with E-state index in [4.69, 9.17) is 5.73 Å². The van der Waals surface area contributed by atoms with Crippen LogP contribution in [0.1, 0.15) is 26.3 Å². The molecule has 0 saturated heterocycles. The molecule has 0 unspecified atom stereocenters. The van der Waals surface area contributed by atoms with Crippen molar-refractivity contribution in [2.24, 2.45) is 11.7 Å². The van der Waals surface area contributed by atoms with Crippen LogP contribution in [-0.2, 0) is 16.1 Å². The largest absolute Gasteiger partial charge is 0.346 e. The zero-order valence-electron chi connectivity index (χ0n) is 13.3. The first kappa shape index (κ1) is 18.6.